The molecule has 0 radical (unpaired) electrons. The molecular weight excluding hydrogens is 310 g/mol. The van der Waals surface area contributed by atoms with Crippen molar-refractivity contribution in [3.63, 3.8) is 0 Å². The van der Waals surface area contributed by atoms with Crippen LogP contribution in [0.2, 0.25) is 0 Å². The summed E-state index contributed by atoms with van der Waals surface area (Å²) in [5.41, 5.74) is 6.47. The number of oxime groups is 1. The average Bonchev–Trinajstić information content (AvgIpc) is 3.29. The van der Waals surface area contributed by atoms with Crippen molar-refractivity contribution >= 4 is 5.71 Å². The summed E-state index contributed by atoms with van der Waals surface area (Å²) in [6.07, 6.45) is 5.36. The lowest BCUT2D eigenvalue weighted by molar-refractivity contribution is -0.0521. The van der Waals surface area contributed by atoms with E-state index in [1.807, 2.05) is 0 Å². The smallest absolute Gasteiger partial charge is 0.191 e. The van der Waals surface area contributed by atoms with Gasteiger partial charge in [-0.15, -0.1) is 0 Å². The van der Waals surface area contributed by atoms with E-state index in [2.05, 4.69) is 47.9 Å². The monoisotopic (exact) mass is 341 g/mol. The van der Waals surface area contributed by atoms with Gasteiger partial charge in [-0.1, -0.05) is 22.9 Å². The molecular formula is C21H31N3O. The Kier molecular flexibility index (Phi) is 4.83. The molecule has 1 aromatic rings. The molecule has 4 rings (SSSR count). The van der Waals surface area contributed by atoms with Crippen LogP contribution in [0.15, 0.2) is 17.3 Å². The van der Waals surface area contributed by atoms with E-state index in [1.54, 1.807) is 0 Å². The zero-order chi connectivity index (χ0) is 17.4. The maximum absolute atomic E-state index is 6.05. The third-order valence-corrected chi connectivity index (χ3v) is 6.04. The maximum Gasteiger partial charge on any atom is 0.191 e. The summed E-state index contributed by atoms with van der Waals surface area (Å²) in [5.74, 6) is 0.358. The van der Waals surface area contributed by atoms with Crippen molar-refractivity contribution in [3.05, 3.63) is 34.4 Å². The van der Waals surface area contributed by atoms with E-state index < -0.39 is 0 Å². The Bertz CT molecular complexity index is 634. The van der Waals surface area contributed by atoms with E-state index in [0.717, 1.165) is 19.6 Å². The van der Waals surface area contributed by atoms with Crippen LogP contribution in [0, 0.1) is 26.7 Å². The highest BCUT2D eigenvalue weighted by Crippen LogP contribution is 2.32. The van der Waals surface area contributed by atoms with E-state index in [0.29, 0.717) is 5.92 Å². The van der Waals surface area contributed by atoms with Gasteiger partial charge in [0.25, 0.3) is 0 Å². The first kappa shape index (κ1) is 17.0. The Morgan fingerprint density at radius 2 is 1.56 bits per heavy atom. The topological polar surface area (TPSA) is 28.1 Å². The first-order valence-corrected chi connectivity index (χ1v) is 9.92. The summed E-state index contributed by atoms with van der Waals surface area (Å²) in [6, 6.07) is 4.56. The first-order chi connectivity index (χ1) is 12.1. The van der Waals surface area contributed by atoms with Crippen molar-refractivity contribution in [2.45, 2.75) is 52.7 Å². The standard InChI is InChI=1S/C21H31N3O/c1-15-12-16(2)19(17(3)13-15)20-18(14-23-8-4-5-9-23)21(25-22-20)24-10-6-7-11-24/h12-13,18,21H,4-11,14H2,1-3H3/t18-,21-/m0/s1. The van der Waals surface area contributed by atoms with Gasteiger partial charge in [-0.05, 0) is 70.7 Å². The quantitative estimate of drug-likeness (QED) is 0.839. The summed E-state index contributed by atoms with van der Waals surface area (Å²) in [5, 5.41) is 4.66. The molecule has 0 amide bonds. The van der Waals surface area contributed by atoms with Gasteiger partial charge < -0.3 is 9.74 Å². The van der Waals surface area contributed by atoms with Gasteiger partial charge in [0.05, 0.1) is 11.6 Å². The molecule has 4 nitrogen and oxygen atoms in total. The minimum absolute atomic E-state index is 0.123. The Morgan fingerprint density at radius 3 is 2.20 bits per heavy atom. The SMILES string of the molecule is Cc1cc(C)c(C2=NO[C@H](N3CCCC3)[C@H]2CN2CCCC2)c(C)c1. The molecule has 3 heterocycles. The fraction of sp³-hybridized carbons (Fsp3) is 0.667. The van der Waals surface area contributed by atoms with Gasteiger partial charge in [0.1, 0.15) is 0 Å². The number of hydrogen-bond acceptors (Lipinski definition) is 4. The third-order valence-electron chi connectivity index (χ3n) is 6.04. The van der Waals surface area contributed by atoms with Crippen LogP contribution >= 0.6 is 0 Å². The molecule has 3 aliphatic heterocycles. The highest BCUT2D eigenvalue weighted by atomic mass is 16.7. The molecule has 0 aromatic heterocycles. The van der Waals surface area contributed by atoms with Crippen LogP contribution in [-0.4, -0.2) is 54.5 Å². The molecule has 2 fully saturated rings. The zero-order valence-corrected chi connectivity index (χ0v) is 15.9. The Hall–Kier alpha value is -1.39. The van der Waals surface area contributed by atoms with E-state index >= 15 is 0 Å². The number of likely N-dealkylation sites (tertiary alicyclic amines) is 2. The summed E-state index contributed by atoms with van der Waals surface area (Å²) < 4.78 is 0. The van der Waals surface area contributed by atoms with Gasteiger partial charge in [-0.25, -0.2) is 0 Å². The van der Waals surface area contributed by atoms with E-state index in [4.69, 9.17) is 4.84 Å². The van der Waals surface area contributed by atoms with Crippen LogP contribution < -0.4 is 0 Å². The fourth-order valence-electron chi connectivity index (χ4n) is 4.94. The molecule has 0 N–H and O–H groups in total. The normalized spacial score (nSPS) is 27.7. The van der Waals surface area contributed by atoms with Crippen molar-refractivity contribution in [2.24, 2.45) is 11.1 Å². The number of benzene rings is 1. The summed E-state index contributed by atoms with van der Waals surface area (Å²) in [7, 11) is 0. The minimum atomic E-state index is 0.123. The van der Waals surface area contributed by atoms with Crippen molar-refractivity contribution in [1.29, 1.82) is 0 Å². The molecule has 0 spiro atoms. The highest BCUT2D eigenvalue weighted by Gasteiger charge is 2.41. The molecule has 0 bridgehead atoms. The van der Waals surface area contributed by atoms with Gasteiger partial charge in [-0.3, -0.25) is 4.90 Å². The predicted molar refractivity (Wildman–Crippen MR) is 102 cm³/mol. The van der Waals surface area contributed by atoms with E-state index in [9.17, 15) is 0 Å². The first-order valence-electron chi connectivity index (χ1n) is 9.92. The van der Waals surface area contributed by atoms with Crippen LogP contribution in [0.3, 0.4) is 0 Å². The second-order valence-electron chi connectivity index (χ2n) is 8.10. The Morgan fingerprint density at radius 1 is 0.960 bits per heavy atom. The molecule has 2 saturated heterocycles. The lowest BCUT2D eigenvalue weighted by Gasteiger charge is -2.30. The van der Waals surface area contributed by atoms with Gasteiger partial charge in [0, 0.05) is 25.2 Å². The van der Waals surface area contributed by atoms with Crippen molar-refractivity contribution in [2.75, 3.05) is 32.7 Å². The lowest BCUT2D eigenvalue weighted by Crippen LogP contribution is -2.45. The van der Waals surface area contributed by atoms with Crippen molar-refractivity contribution in [3.8, 4) is 0 Å². The van der Waals surface area contributed by atoms with Gasteiger partial charge in [0.2, 0.25) is 0 Å². The van der Waals surface area contributed by atoms with Gasteiger partial charge >= 0.3 is 0 Å². The molecule has 25 heavy (non-hydrogen) atoms. The summed E-state index contributed by atoms with van der Waals surface area (Å²) in [4.78, 5) is 11.2. The minimum Gasteiger partial charge on any atom is -0.375 e. The number of nitrogens with zero attached hydrogens (tertiary/aromatic N) is 3. The molecule has 0 saturated carbocycles. The molecule has 1 aromatic carbocycles. The van der Waals surface area contributed by atoms with Crippen molar-refractivity contribution in [1.82, 2.24) is 9.80 Å². The van der Waals surface area contributed by atoms with E-state index in [1.165, 1.54) is 66.7 Å². The molecule has 3 aliphatic rings. The van der Waals surface area contributed by atoms with Crippen LogP contribution in [0.1, 0.15) is 47.9 Å². The van der Waals surface area contributed by atoms with Crippen LogP contribution in [0.5, 0.6) is 0 Å². The predicted octanol–water partition coefficient (Wildman–Crippen LogP) is 3.48. The summed E-state index contributed by atoms with van der Waals surface area (Å²) in [6.45, 7) is 12.4. The fourth-order valence-corrected chi connectivity index (χ4v) is 4.94. The Labute approximate surface area is 151 Å². The molecule has 2 atom stereocenters. The molecule has 0 aliphatic carbocycles. The molecule has 0 unspecified atom stereocenters. The lowest BCUT2D eigenvalue weighted by atomic mass is 9.88. The molecule has 136 valence electrons. The van der Waals surface area contributed by atoms with Crippen LogP contribution in [0.25, 0.3) is 0 Å². The van der Waals surface area contributed by atoms with Gasteiger partial charge in [-0.2, -0.15) is 0 Å². The Balaban J connectivity index is 1.65. The van der Waals surface area contributed by atoms with Gasteiger partial charge in [0.15, 0.2) is 6.23 Å². The summed E-state index contributed by atoms with van der Waals surface area (Å²) >= 11 is 0. The zero-order valence-electron chi connectivity index (χ0n) is 15.9. The van der Waals surface area contributed by atoms with Crippen LogP contribution in [-0.2, 0) is 4.84 Å². The second-order valence-corrected chi connectivity index (χ2v) is 8.10. The number of rotatable bonds is 4. The third kappa shape index (κ3) is 3.34. The number of aryl methyl sites for hydroxylation is 3. The van der Waals surface area contributed by atoms with Crippen molar-refractivity contribution < 1.29 is 4.84 Å². The average molecular weight is 341 g/mol. The highest BCUT2D eigenvalue weighted by molar-refractivity contribution is 6.05. The largest absolute Gasteiger partial charge is 0.375 e. The maximum atomic E-state index is 6.05. The number of hydrogen-bond donors (Lipinski definition) is 0. The van der Waals surface area contributed by atoms with E-state index in [-0.39, 0.29) is 6.23 Å². The second kappa shape index (κ2) is 7.08. The van der Waals surface area contributed by atoms with Crippen LogP contribution in [0.4, 0.5) is 0 Å². The molecule has 4 heteroatoms.